The summed E-state index contributed by atoms with van der Waals surface area (Å²) < 4.78 is 34.7. The molecule has 140 valence electrons. The molecule has 3 heterocycles. The molecule has 1 unspecified atom stereocenters. The van der Waals surface area contributed by atoms with Crippen LogP contribution in [0.25, 0.3) is 0 Å². The lowest BCUT2D eigenvalue weighted by Gasteiger charge is -2.25. The van der Waals surface area contributed by atoms with Crippen LogP contribution >= 0.6 is 11.8 Å². The van der Waals surface area contributed by atoms with Crippen LogP contribution in [0.5, 0.6) is 5.75 Å². The van der Waals surface area contributed by atoms with Crippen molar-refractivity contribution in [2.75, 3.05) is 11.9 Å². The highest BCUT2D eigenvalue weighted by molar-refractivity contribution is 8.00. The molecule has 1 atom stereocenters. The van der Waals surface area contributed by atoms with E-state index in [0.717, 1.165) is 5.56 Å². The number of halogens is 2. The van der Waals surface area contributed by atoms with Crippen LogP contribution in [0.1, 0.15) is 16.4 Å². The zero-order valence-corrected chi connectivity index (χ0v) is 14.9. The van der Waals surface area contributed by atoms with Crippen molar-refractivity contribution in [1.29, 1.82) is 0 Å². The number of hydrogen-bond acceptors (Lipinski definition) is 6. The van der Waals surface area contributed by atoms with Crippen LogP contribution in [0, 0.1) is 11.6 Å². The van der Waals surface area contributed by atoms with Gasteiger partial charge in [-0.25, -0.2) is 8.78 Å². The third-order valence-electron chi connectivity index (χ3n) is 4.32. The molecule has 2 aliphatic heterocycles. The molecule has 0 radical (unpaired) electrons. The van der Waals surface area contributed by atoms with Gasteiger partial charge in [0, 0.05) is 5.56 Å². The monoisotopic (exact) mass is 399 g/mol. The van der Waals surface area contributed by atoms with Crippen molar-refractivity contribution in [2.24, 2.45) is 5.10 Å². The Balaban J connectivity index is 1.65. The minimum atomic E-state index is -0.604. The normalized spacial score (nSPS) is 17.9. The summed E-state index contributed by atoms with van der Waals surface area (Å²) in [5.74, 6) is -1.32. The molecule has 0 spiro atoms. The number of ether oxygens (including phenoxy) is 1. The third-order valence-corrected chi connectivity index (χ3v) is 5.53. The molecule has 5 rings (SSSR count). The smallest absolute Gasteiger partial charge is 0.262 e. The number of amides is 1. The first-order valence-electron chi connectivity index (χ1n) is 8.26. The molecule has 3 aromatic rings. The first-order chi connectivity index (χ1) is 13.6. The molecule has 1 amide bonds. The number of nitrogens with one attached hydrogen (secondary N) is 1. The van der Waals surface area contributed by atoms with Gasteiger partial charge in [-0.2, -0.15) is 9.78 Å². The van der Waals surface area contributed by atoms with Crippen molar-refractivity contribution in [3.05, 3.63) is 65.5 Å². The van der Waals surface area contributed by atoms with Gasteiger partial charge in [0.05, 0.1) is 16.6 Å². The minimum absolute atomic E-state index is 0.00395. The van der Waals surface area contributed by atoms with Gasteiger partial charge in [0.25, 0.3) is 5.91 Å². The van der Waals surface area contributed by atoms with Gasteiger partial charge in [0.2, 0.25) is 5.16 Å². The lowest BCUT2D eigenvalue weighted by molar-refractivity contribution is -0.118. The first-order valence-corrected chi connectivity index (χ1v) is 9.14. The Morgan fingerprint density at radius 1 is 1.21 bits per heavy atom. The second-order valence-electron chi connectivity index (χ2n) is 6.16. The Morgan fingerprint density at radius 2 is 2.04 bits per heavy atom. The van der Waals surface area contributed by atoms with Crippen molar-refractivity contribution in [2.45, 2.75) is 10.4 Å². The van der Waals surface area contributed by atoms with Crippen molar-refractivity contribution >= 4 is 29.1 Å². The molecule has 1 aromatic heterocycles. The van der Waals surface area contributed by atoms with E-state index in [0.29, 0.717) is 16.4 Å². The van der Waals surface area contributed by atoms with Gasteiger partial charge in [-0.05, 0) is 29.8 Å². The zero-order valence-electron chi connectivity index (χ0n) is 14.1. The maximum atomic E-state index is 14.6. The molecule has 10 heteroatoms. The van der Waals surface area contributed by atoms with Gasteiger partial charge in [-0.3, -0.25) is 4.79 Å². The fraction of sp³-hybridized carbons (Fsp3) is 0.111. The molecule has 0 fully saturated rings. The molecule has 0 bridgehead atoms. The number of thioether (sulfide) groups is 1. The van der Waals surface area contributed by atoms with Crippen LogP contribution in [-0.2, 0) is 4.79 Å². The number of fused-ring (bicyclic) bond motifs is 2. The molecule has 28 heavy (non-hydrogen) atoms. The van der Waals surface area contributed by atoms with Crippen LogP contribution in [0.15, 0.2) is 53.0 Å². The van der Waals surface area contributed by atoms with Crippen molar-refractivity contribution in [1.82, 2.24) is 14.9 Å². The zero-order chi connectivity index (χ0) is 19.3. The summed E-state index contributed by atoms with van der Waals surface area (Å²) in [6.45, 7) is -0.234. The van der Waals surface area contributed by atoms with Crippen LogP contribution in [-0.4, -0.2) is 33.1 Å². The Hall–Kier alpha value is -3.27. The quantitative estimate of drug-likeness (QED) is 0.717. The van der Waals surface area contributed by atoms with Crippen LogP contribution in [0.2, 0.25) is 0 Å². The van der Waals surface area contributed by atoms with E-state index >= 15 is 0 Å². The van der Waals surface area contributed by atoms with Crippen LogP contribution < -0.4 is 10.1 Å². The summed E-state index contributed by atoms with van der Waals surface area (Å²) in [7, 11) is 0. The molecule has 7 nitrogen and oxygen atoms in total. The fourth-order valence-corrected chi connectivity index (χ4v) is 4.16. The van der Waals surface area contributed by atoms with E-state index < -0.39 is 5.82 Å². The van der Waals surface area contributed by atoms with Crippen LogP contribution in [0.4, 0.5) is 14.5 Å². The van der Waals surface area contributed by atoms with E-state index in [-0.39, 0.29) is 35.0 Å². The molecule has 2 aliphatic rings. The molecule has 0 aliphatic carbocycles. The number of anilines is 1. The highest BCUT2D eigenvalue weighted by Crippen LogP contribution is 2.42. The first kappa shape index (κ1) is 16.9. The van der Waals surface area contributed by atoms with Crippen LogP contribution in [0.3, 0.4) is 0 Å². The van der Waals surface area contributed by atoms with E-state index in [9.17, 15) is 13.6 Å². The van der Waals surface area contributed by atoms with Crippen molar-refractivity contribution in [3.63, 3.8) is 0 Å². The minimum Gasteiger partial charge on any atom is -0.478 e. The summed E-state index contributed by atoms with van der Waals surface area (Å²) in [5.41, 5.74) is 2.00. The fourth-order valence-electron chi connectivity index (χ4n) is 3.07. The second-order valence-corrected chi connectivity index (χ2v) is 7.24. The Bertz CT molecular complexity index is 1130. The third kappa shape index (κ3) is 2.82. The molecular formula is C18H11F2N5O2S. The standard InChI is InChI=1S/C18H11F2N5O2S/c19-11-3-1-9(2-4-11)17-15(24-25-8-21-23-18(25)28-17)10-5-12(20)16-13(6-10)22-14(26)7-27-16/h1-6,8,17H,7H2,(H,22,26). The summed E-state index contributed by atoms with van der Waals surface area (Å²) in [6, 6.07) is 8.92. The lowest BCUT2D eigenvalue weighted by atomic mass is 10.00. The Morgan fingerprint density at radius 3 is 2.86 bits per heavy atom. The molecule has 1 N–H and O–H groups in total. The molecule has 0 saturated heterocycles. The molecule has 0 saturated carbocycles. The van der Waals surface area contributed by atoms with E-state index in [1.807, 2.05) is 0 Å². The van der Waals surface area contributed by atoms with Gasteiger partial charge in [0.15, 0.2) is 18.2 Å². The number of carbonyl (C=O) groups excluding carboxylic acids is 1. The largest absolute Gasteiger partial charge is 0.478 e. The van der Waals surface area contributed by atoms with E-state index in [1.54, 1.807) is 18.2 Å². The van der Waals surface area contributed by atoms with Crippen molar-refractivity contribution < 1.29 is 18.3 Å². The Labute approximate surface area is 161 Å². The number of hydrogen-bond donors (Lipinski definition) is 1. The highest BCUT2D eigenvalue weighted by atomic mass is 32.2. The second kappa shape index (κ2) is 6.41. The predicted molar refractivity (Wildman–Crippen MR) is 97.5 cm³/mol. The lowest BCUT2D eigenvalue weighted by Crippen LogP contribution is -2.27. The maximum absolute atomic E-state index is 14.6. The van der Waals surface area contributed by atoms with E-state index in [1.165, 1.54) is 41.0 Å². The summed E-state index contributed by atoms with van der Waals surface area (Å²) >= 11 is 1.36. The number of rotatable bonds is 2. The molecule has 2 aromatic carbocycles. The number of nitrogens with zero attached hydrogens (tertiary/aromatic N) is 4. The maximum Gasteiger partial charge on any atom is 0.262 e. The number of aromatic nitrogens is 3. The van der Waals surface area contributed by atoms with Gasteiger partial charge in [-0.1, -0.05) is 23.9 Å². The Kier molecular flexibility index (Phi) is 3.86. The van der Waals surface area contributed by atoms with Gasteiger partial charge in [-0.15, -0.1) is 10.2 Å². The van der Waals surface area contributed by atoms with E-state index in [2.05, 4.69) is 20.6 Å². The SMILES string of the molecule is O=C1COc2c(F)cc(C3=Nn4cnnc4SC3c3ccc(F)cc3)cc2N1. The number of benzene rings is 2. The topological polar surface area (TPSA) is 81.4 Å². The molecular weight excluding hydrogens is 388 g/mol. The summed E-state index contributed by atoms with van der Waals surface area (Å²) in [5, 5.41) is 15.2. The highest BCUT2D eigenvalue weighted by Gasteiger charge is 2.30. The van der Waals surface area contributed by atoms with E-state index in [4.69, 9.17) is 4.74 Å². The number of carbonyl (C=O) groups is 1. The predicted octanol–water partition coefficient (Wildman–Crippen LogP) is 2.99. The van der Waals surface area contributed by atoms with Gasteiger partial charge in [0.1, 0.15) is 12.1 Å². The summed E-state index contributed by atoms with van der Waals surface area (Å²) in [6.07, 6.45) is 1.45. The average Bonchev–Trinajstić information content (AvgIpc) is 3.14. The average molecular weight is 399 g/mol. The van der Waals surface area contributed by atoms with Crippen molar-refractivity contribution in [3.8, 4) is 5.75 Å². The van der Waals surface area contributed by atoms with Gasteiger partial charge < -0.3 is 10.1 Å². The summed E-state index contributed by atoms with van der Waals surface area (Å²) in [4.78, 5) is 11.6. The van der Waals surface area contributed by atoms with Gasteiger partial charge >= 0.3 is 0 Å².